The molecule has 1 aliphatic rings. The summed E-state index contributed by atoms with van der Waals surface area (Å²) in [6, 6.07) is 1.70. The predicted molar refractivity (Wildman–Crippen MR) is 78.7 cm³/mol. The molecule has 5 nitrogen and oxygen atoms in total. The average molecular weight is 298 g/mol. The van der Waals surface area contributed by atoms with Crippen LogP contribution in [0.4, 0.5) is 0 Å². The first kappa shape index (κ1) is 15.1. The van der Waals surface area contributed by atoms with E-state index < -0.39 is 9.84 Å². The van der Waals surface area contributed by atoms with Crippen molar-refractivity contribution in [1.82, 2.24) is 9.47 Å². The molecule has 0 saturated carbocycles. The van der Waals surface area contributed by atoms with Crippen LogP contribution in [-0.2, 0) is 16.9 Å². The van der Waals surface area contributed by atoms with Gasteiger partial charge in [-0.25, -0.2) is 8.42 Å². The van der Waals surface area contributed by atoms with E-state index >= 15 is 0 Å². The summed E-state index contributed by atoms with van der Waals surface area (Å²) in [5, 5.41) is 0. The molecule has 112 valence electrons. The van der Waals surface area contributed by atoms with E-state index in [1.54, 1.807) is 4.90 Å². The number of hydrogen-bond acceptors (Lipinski definition) is 3. The zero-order valence-corrected chi connectivity index (χ0v) is 13.3. The molecule has 0 spiro atoms. The highest BCUT2D eigenvalue weighted by Crippen LogP contribution is 2.22. The number of carbonyl (C=O) groups is 1. The van der Waals surface area contributed by atoms with Crippen molar-refractivity contribution in [3.8, 4) is 0 Å². The fourth-order valence-electron chi connectivity index (χ4n) is 2.82. The first-order valence-corrected chi connectivity index (χ1v) is 8.73. The second-order valence-corrected chi connectivity index (χ2v) is 7.72. The van der Waals surface area contributed by atoms with Gasteiger partial charge in [0, 0.05) is 31.0 Å². The van der Waals surface area contributed by atoms with Crippen LogP contribution in [0.3, 0.4) is 0 Å². The number of aromatic nitrogens is 1. The Morgan fingerprint density at radius 3 is 2.50 bits per heavy atom. The van der Waals surface area contributed by atoms with Crippen LogP contribution in [0, 0.1) is 13.8 Å². The first-order valence-electron chi connectivity index (χ1n) is 6.91. The Hall–Kier alpha value is -1.30. The molecule has 0 bridgehead atoms. The molecule has 2 heterocycles. The Bertz CT molecular complexity index is 631. The molecule has 20 heavy (non-hydrogen) atoms. The number of aryl methyl sites for hydroxylation is 1. The van der Waals surface area contributed by atoms with Crippen molar-refractivity contribution < 1.29 is 13.2 Å². The maximum atomic E-state index is 12.7. The molecule has 1 atom stereocenters. The van der Waals surface area contributed by atoms with Crippen LogP contribution in [0.2, 0.25) is 0 Å². The summed E-state index contributed by atoms with van der Waals surface area (Å²) in [6.07, 6.45) is 0.548. The van der Waals surface area contributed by atoms with E-state index in [2.05, 4.69) is 0 Å². The van der Waals surface area contributed by atoms with Gasteiger partial charge in [0.05, 0.1) is 17.1 Å². The Morgan fingerprint density at radius 2 is 2.10 bits per heavy atom. The van der Waals surface area contributed by atoms with Crippen molar-refractivity contribution in [1.29, 1.82) is 0 Å². The SMILES string of the molecule is CCN(C(=O)c1cc(C)n(C)c1C)C1CCS(=O)(=O)C1. The molecule has 1 aromatic rings. The quantitative estimate of drug-likeness (QED) is 0.845. The normalized spacial score (nSPS) is 21.1. The predicted octanol–water partition coefficient (Wildman–Crippen LogP) is 1.29. The van der Waals surface area contributed by atoms with E-state index in [1.165, 1.54) is 0 Å². The van der Waals surface area contributed by atoms with E-state index in [1.807, 2.05) is 38.5 Å². The molecule has 1 fully saturated rings. The maximum Gasteiger partial charge on any atom is 0.255 e. The highest BCUT2D eigenvalue weighted by molar-refractivity contribution is 7.91. The highest BCUT2D eigenvalue weighted by Gasteiger charge is 2.34. The Morgan fingerprint density at radius 1 is 1.45 bits per heavy atom. The topological polar surface area (TPSA) is 59.4 Å². The van der Waals surface area contributed by atoms with Crippen LogP contribution in [-0.4, -0.2) is 47.9 Å². The third-order valence-corrected chi connectivity index (χ3v) is 6.01. The largest absolute Gasteiger partial charge is 0.351 e. The Kier molecular flexibility index (Phi) is 3.95. The number of hydrogen-bond donors (Lipinski definition) is 0. The standard InChI is InChI=1S/C14H22N2O3S/c1-5-16(12-6-7-20(18,19)9-12)14(17)13-8-10(2)15(4)11(13)3/h8,12H,5-7,9H2,1-4H3. The first-order chi connectivity index (χ1) is 9.26. The second kappa shape index (κ2) is 5.24. The lowest BCUT2D eigenvalue weighted by molar-refractivity contribution is 0.0707. The molecular weight excluding hydrogens is 276 g/mol. The number of rotatable bonds is 3. The fraction of sp³-hybridized carbons (Fsp3) is 0.643. The third kappa shape index (κ3) is 2.61. The fourth-order valence-corrected chi connectivity index (χ4v) is 4.55. The summed E-state index contributed by atoms with van der Waals surface area (Å²) in [7, 11) is -1.05. The Labute approximate surface area is 120 Å². The summed E-state index contributed by atoms with van der Waals surface area (Å²) in [6.45, 7) is 6.31. The van der Waals surface area contributed by atoms with Crippen molar-refractivity contribution in [3.05, 3.63) is 23.0 Å². The van der Waals surface area contributed by atoms with Gasteiger partial charge in [-0.05, 0) is 33.3 Å². The van der Waals surface area contributed by atoms with Gasteiger partial charge in [-0.1, -0.05) is 0 Å². The van der Waals surface area contributed by atoms with Crippen molar-refractivity contribution >= 4 is 15.7 Å². The van der Waals surface area contributed by atoms with Gasteiger partial charge in [-0.2, -0.15) is 0 Å². The lowest BCUT2D eigenvalue weighted by atomic mass is 10.1. The number of nitrogens with zero attached hydrogens (tertiary/aromatic N) is 2. The van der Waals surface area contributed by atoms with Gasteiger partial charge in [0.15, 0.2) is 9.84 Å². The van der Waals surface area contributed by atoms with Crippen molar-refractivity contribution in [3.63, 3.8) is 0 Å². The van der Waals surface area contributed by atoms with Crippen LogP contribution >= 0.6 is 0 Å². The summed E-state index contributed by atoms with van der Waals surface area (Å²) < 4.78 is 25.2. The van der Waals surface area contributed by atoms with Crippen molar-refractivity contribution in [2.24, 2.45) is 7.05 Å². The van der Waals surface area contributed by atoms with E-state index in [4.69, 9.17) is 0 Å². The van der Waals surface area contributed by atoms with E-state index in [9.17, 15) is 13.2 Å². The summed E-state index contributed by atoms with van der Waals surface area (Å²) in [5.74, 6) is 0.224. The number of amides is 1. The maximum absolute atomic E-state index is 12.7. The van der Waals surface area contributed by atoms with E-state index in [0.717, 1.165) is 11.4 Å². The molecule has 2 rings (SSSR count). The molecule has 1 aliphatic heterocycles. The number of carbonyl (C=O) groups excluding carboxylic acids is 1. The molecule has 0 aromatic carbocycles. The summed E-state index contributed by atoms with van der Waals surface area (Å²) in [5.41, 5.74) is 2.63. The lowest BCUT2D eigenvalue weighted by Gasteiger charge is -2.26. The molecule has 0 radical (unpaired) electrons. The molecular formula is C14H22N2O3S. The second-order valence-electron chi connectivity index (χ2n) is 5.49. The van der Waals surface area contributed by atoms with Crippen LogP contribution in [0.1, 0.15) is 35.1 Å². The summed E-state index contributed by atoms with van der Waals surface area (Å²) >= 11 is 0. The van der Waals surface area contributed by atoms with E-state index in [0.29, 0.717) is 18.5 Å². The van der Waals surface area contributed by atoms with Gasteiger partial charge in [-0.15, -0.1) is 0 Å². The summed E-state index contributed by atoms with van der Waals surface area (Å²) in [4.78, 5) is 14.4. The lowest BCUT2D eigenvalue weighted by Crippen LogP contribution is -2.41. The molecule has 1 saturated heterocycles. The van der Waals surface area contributed by atoms with Crippen LogP contribution < -0.4 is 0 Å². The molecule has 6 heteroatoms. The zero-order chi connectivity index (χ0) is 15.1. The molecule has 1 unspecified atom stereocenters. The highest BCUT2D eigenvalue weighted by atomic mass is 32.2. The van der Waals surface area contributed by atoms with Crippen molar-refractivity contribution in [2.45, 2.75) is 33.2 Å². The Balaban J connectivity index is 2.28. The monoisotopic (exact) mass is 298 g/mol. The van der Waals surface area contributed by atoms with Gasteiger partial charge >= 0.3 is 0 Å². The zero-order valence-electron chi connectivity index (χ0n) is 12.5. The van der Waals surface area contributed by atoms with Gasteiger partial charge in [-0.3, -0.25) is 4.79 Å². The van der Waals surface area contributed by atoms with Gasteiger partial charge in [0.25, 0.3) is 5.91 Å². The van der Waals surface area contributed by atoms with Crippen LogP contribution in [0.25, 0.3) is 0 Å². The van der Waals surface area contributed by atoms with E-state index in [-0.39, 0.29) is 23.5 Å². The molecule has 1 aromatic heterocycles. The minimum absolute atomic E-state index is 0.0594. The smallest absolute Gasteiger partial charge is 0.255 e. The third-order valence-electron chi connectivity index (χ3n) is 4.26. The van der Waals surface area contributed by atoms with Crippen molar-refractivity contribution in [2.75, 3.05) is 18.1 Å². The van der Waals surface area contributed by atoms with Gasteiger partial charge < -0.3 is 9.47 Å². The van der Waals surface area contributed by atoms with Crippen LogP contribution in [0.5, 0.6) is 0 Å². The number of sulfone groups is 1. The van der Waals surface area contributed by atoms with Crippen LogP contribution in [0.15, 0.2) is 6.07 Å². The van der Waals surface area contributed by atoms with Gasteiger partial charge in [0.2, 0.25) is 0 Å². The molecule has 0 aliphatic carbocycles. The minimum Gasteiger partial charge on any atom is -0.351 e. The average Bonchev–Trinajstić information content (AvgIpc) is 2.85. The molecule has 1 amide bonds. The minimum atomic E-state index is -2.98. The van der Waals surface area contributed by atoms with Gasteiger partial charge in [0.1, 0.15) is 0 Å². The molecule has 0 N–H and O–H groups in total.